The van der Waals surface area contributed by atoms with E-state index in [2.05, 4.69) is 42.0 Å². The molecule has 0 radical (unpaired) electrons. The third-order valence-corrected chi connectivity index (χ3v) is 6.29. The summed E-state index contributed by atoms with van der Waals surface area (Å²) in [5, 5.41) is 2.25. The number of hydrogen-bond acceptors (Lipinski definition) is 4. The van der Waals surface area contributed by atoms with E-state index in [0.717, 1.165) is 52.2 Å². The number of pyridine rings is 2. The number of benzene rings is 2. The highest BCUT2D eigenvalue weighted by Gasteiger charge is 2.32. The number of para-hydroxylation sites is 2. The van der Waals surface area contributed by atoms with Gasteiger partial charge >= 0.3 is 0 Å². The first-order valence-corrected chi connectivity index (χ1v) is 11.2. The number of aromatic nitrogens is 2. The van der Waals surface area contributed by atoms with Crippen LogP contribution in [0.3, 0.4) is 0 Å². The Balaban J connectivity index is 0.000000136. The predicted molar refractivity (Wildman–Crippen MR) is 127 cm³/mol. The highest BCUT2D eigenvalue weighted by atomic mass is 16.1. The van der Waals surface area contributed by atoms with Crippen molar-refractivity contribution in [1.29, 1.82) is 0 Å². The third kappa shape index (κ3) is 3.93. The molecule has 2 heterocycles. The van der Waals surface area contributed by atoms with Crippen LogP contribution in [-0.4, -0.2) is 21.5 Å². The molecule has 0 atom stereocenters. The lowest BCUT2D eigenvalue weighted by Crippen LogP contribution is -2.27. The fraction of sp³-hybridized carbons (Fsp3) is 0.286. The SMILES string of the molecule is CC1(C)CC(=O)c2nc3ccccc3cc2C1.O=C1CCCc2cc3ccccc3nc21. The van der Waals surface area contributed by atoms with Gasteiger partial charge in [0.1, 0.15) is 11.4 Å². The van der Waals surface area contributed by atoms with Gasteiger partial charge in [0, 0.05) is 23.6 Å². The van der Waals surface area contributed by atoms with Crippen molar-refractivity contribution >= 4 is 33.4 Å². The molecule has 0 saturated carbocycles. The summed E-state index contributed by atoms with van der Waals surface area (Å²) in [5.41, 5.74) is 5.50. The van der Waals surface area contributed by atoms with Crippen LogP contribution in [0.2, 0.25) is 0 Å². The van der Waals surface area contributed by atoms with Gasteiger partial charge in [-0.15, -0.1) is 0 Å². The molecule has 0 unspecified atom stereocenters. The van der Waals surface area contributed by atoms with Gasteiger partial charge in [-0.2, -0.15) is 0 Å². The summed E-state index contributed by atoms with van der Waals surface area (Å²) in [6.45, 7) is 4.28. The van der Waals surface area contributed by atoms with Crippen molar-refractivity contribution in [2.45, 2.75) is 46.0 Å². The molecular weight excluding hydrogens is 396 g/mol. The summed E-state index contributed by atoms with van der Waals surface area (Å²) in [6, 6.07) is 20.2. The maximum absolute atomic E-state index is 12.1. The number of carbonyl (C=O) groups is 2. The monoisotopic (exact) mass is 422 g/mol. The van der Waals surface area contributed by atoms with E-state index in [0.29, 0.717) is 24.2 Å². The van der Waals surface area contributed by atoms with E-state index < -0.39 is 0 Å². The van der Waals surface area contributed by atoms with Gasteiger partial charge in [0.25, 0.3) is 0 Å². The first-order chi connectivity index (χ1) is 15.4. The van der Waals surface area contributed by atoms with E-state index in [-0.39, 0.29) is 17.0 Å². The van der Waals surface area contributed by atoms with Gasteiger partial charge in [-0.1, -0.05) is 50.2 Å². The molecule has 4 heteroatoms. The van der Waals surface area contributed by atoms with Gasteiger partial charge in [0.05, 0.1) is 11.0 Å². The van der Waals surface area contributed by atoms with E-state index >= 15 is 0 Å². The van der Waals surface area contributed by atoms with Gasteiger partial charge in [-0.3, -0.25) is 9.59 Å². The first-order valence-electron chi connectivity index (χ1n) is 11.2. The molecule has 4 aromatic rings. The van der Waals surface area contributed by atoms with Crippen LogP contribution < -0.4 is 0 Å². The van der Waals surface area contributed by atoms with Crippen LogP contribution in [0.15, 0.2) is 60.7 Å². The number of carbonyl (C=O) groups excluding carboxylic acids is 2. The van der Waals surface area contributed by atoms with Crippen LogP contribution in [0.5, 0.6) is 0 Å². The zero-order valence-corrected chi connectivity index (χ0v) is 18.5. The van der Waals surface area contributed by atoms with E-state index in [1.165, 1.54) is 0 Å². The van der Waals surface area contributed by atoms with Crippen LogP contribution in [0, 0.1) is 5.41 Å². The second-order valence-corrected chi connectivity index (χ2v) is 9.60. The molecule has 0 spiro atoms. The van der Waals surface area contributed by atoms with Gasteiger partial charge in [-0.05, 0) is 60.1 Å². The van der Waals surface area contributed by atoms with Crippen molar-refractivity contribution < 1.29 is 9.59 Å². The molecule has 0 aliphatic heterocycles. The van der Waals surface area contributed by atoms with E-state index in [1.807, 2.05) is 42.5 Å². The van der Waals surface area contributed by atoms with Crippen LogP contribution in [0.25, 0.3) is 21.8 Å². The molecule has 32 heavy (non-hydrogen) atoms. The van der Waals surface area contributed by atoms with Crippen molar-refractivity contribution in [3.8, 4) is 0 Å². The molecule has 0 fully saturated rings. The molecule has 0 amide bonds. The number of rotatable bonds is 0. The summed E-state index contributed by atoms with van der Waals surface area (Å²) in [4.78, 5) is 32.7. The molecule has 4 nitrogen and oxygen atoms in total. The van der Waals surface area contributed by atoms with Gasteiger partial charge in [0.2, 0.25) is 0 Å². The highest BCUT2D eigenvalue weighted by molar-refractivity contribution is 6.00. The highest BCUT2D eigenvalue weighted by Crippen LogP contribution is 2.35. The number of Topliss-reactive ketones (excluding diaryl/α,β-unsaturated/α-hetero) is 2. The minimum Gasteiger partial charge on any atom is -0.292 e. The van der Waals surface area contributed by atoms with Crippen molar-refractivity contribution in [2.24, 2.45) is 5.41 Å². The Labute approximate surface area is 187 Å². The van der Waals surface area contributed by atoms with E-state index in [4.69, 9.17) is 0 Å². The molecule has 160 valence electrons. The molecule has 0 bridgehead atoms. The number of aryl methyl sites for hydroxylation is 1. The Kier molecular flexibility index (Phi) is 5.09. The van der Waals surface area contributed by atoms with Crippen molar-refractivity contribution in [3.05, 3.63) is 83.2 Å². The van der Waals surface area contributed by atoms with Crippen LogP contribution in [0.4, 0.5) is 0 Å². The lowest BCUT2D eigenvalue weighted by atomic mass is 9.75. The standard InChI is InChI=1S/C15H15NO.C13H11NO/c1-15(2)8-11-7-10-5-3-4-6-12(10)16-14(11)13(17)9-15;15-12-7-3-5-10-8-9-4-1-2-6-11(9)14-13(10)12/h3-7H,8-9H2,1-2H3;1-2,4,6,8H,3,5,7H2. The summed E-state index contributed by atoms with van der Waals surface area (Å²) >= 11 is 0. The van der Waals surface area contributed by atoms with Gasteiger partial charge < -0.3 is 0 Å². The Morgan fingerprint density at radius 2 is 1.25 bits per heavy atom. The number of fused-ring (bicyclic) bond motifs is 4. The Morgan fingerprint density at radius 3 is 1.91 bits per heavy atom. The van der Waals surface area contributed by atoms with Crippen molar-refractivity contribution in [3.63, 3.8) is 0 Å². The maximum atomic E-state index is 12.1. The molecular formula is C28H26N2O2. The number of hydrogen-bond donors (Lipinski definition) is 0. The molecule has 6 rings (SSSR count). The molecule has 2 aromatic carbocycles. The minimum absolute atomic E-state index is 0.0637. The van der Waals surface area contributed by atoms with Gasteiger partial charge in [-0.25, -0.2) is 9.97 Å². The van der Waals surface area contributed by atoms with Crippen LogP contribution in [0.1, 0.15) is 65.2 Å². The smallest absolute Gasteiger partial charge is 0.182 e. The Morgan fingerprint density at radius 1 is 0.688 bits per heavy atom. The normalized spacial score (nSPS) is 16.8. The lowest BCUT2D eigenvalue weighted by Gasteiger charge is -2.29. The average molecular weight is 423 g/mol. The zero-order chi connectivity index (χ0) is 22.3. The predicted octanol–water partition coefficient (Wildman–Crippen LogP) is 6.14. The second kappa shape index (κ2) is 7.94. The maximum Gasteiger partial charge on any atom is 0.182 e. The summed E-state index contributed by atoms with van der Waals surface area (Å²) in [6.07, 6.45) is 4.14. The van der Waals surface area contributed by atoms with Crippen LogP contribution >= 0.6 is 0 Å². The molecule has 0 N–H and O–H groups in total. The topological polar surface area (TPSA) is 59.9 Å². The summed E-state index contributed by atoms with van der Waals surface area (Å²) < 4.78 is 0. The minimum atomic E-state index is 0.0637. The van der Waals surface area contributed by atoms with E-state index in [9.17, 15) is 9.59 Å². The fourth-order valence-corrected chi connectivity index (χ4v) is 4.78. The molecule has 2 aliphatic carbocycles. The Hall–Kier alpha value is -3.40. The quantitative estimate of drug-likeness (QED) is 0.341. The van der Waals surface area contributed by atoms with Gasteiger partial charge in [0.15, 0.2) is 11.6 Å². The Bertz CT molecular complexity index is 1370. The average Bonchev–Trinajstić information content (AvgIpc) is 2.77. The van der Waals surface area contributed by atoms with Crippen molar-refractivity contribution in [1.82, 2.24) is 9.97 Å². The second-order valence-electron chi connectivity index (χ2n) is 9.60. The fourth-order valence-electron chi connectivity index (χ4n) is 4.78. The molecule has 2 aliphatic rings. The molecule has 0 saturated heterocycles. The van der Waals surface area contributed by atoms with E-state index in [1.54, 1.807) is 0 Å². The van der Waals surface area contributed by atoms with Crippen molar-refractivity contribution in [2.75, 3.05) is 0 Å². The van der Waals surface area contributed by atoms with Crippen LogP contribution in [-0.2, 0) is 12.8 Å². The zero-order valence-electron chi connectivity index (χ0n) is 18.5. The largest absolute Gasteiger partial charge is 0.292 e. The first kappa shape index (κ1) is 20.5. The third-order valence-electron chi connectivity index (χ3n) is 6.29. The lowest BCUT2D eigenvalue weighted by molar-refractivity contribution is 0.0905. The number of ketones is 2. The molecule has 2 aromatic heterocycles. The summed E-state index contributed by atoms with van der Waals surface area (Å²) in [7, 11) is 0. The summed E-state index contributed by atoms with van der Waals surface area (Å²) in [5.74, 6) is 0.379. The number of nitrogens with zero attached hydrogens (tertiary/aromatic N) is 2.